The zero-order valence-electron chi connectivity index (χ0n) is 6.96. The van der Waals surface area contributed by atoms with Gasteiger partial charge in [0.1, 0.15) is 0 Å². The third-order valence-electron chi connectivity index (χ3n) is 1.59. The van der Waals surface area contributed by atoms with Crippen molar-refractivity contribution < 1.29 is 0 Å². The van der Waals surface area contributed by atoms with E-state index >= 15 is 0 Å². The molecule has 0 fully saturated rings. The molecular weight excluding hydrogens is 132 g/mol. The van der Waals surface area contributed by atoms with Crippen molar-refractivity contribution >= 4 is 0 Å². The van der Waals surface area contributed by atoms with Crippen molar-refractivity contribution in [2.75, 3.05) is 0 Å². The largest absolute Gasteiger partial charge is 0.0848 e. The normalized spacial score (nSPS) is 20.3. The Balaban J connectivity index is 2.47. The highest BCUT2D eigenvalue weighted by molar-refractivity contribution is 5.31. The summed E-state index contributed by atoms with van der Waals surface area (Å²) in [5, 5.41) is 0. The van der Waals surface area contributed by atoms with Crippen LogP contribution in [0.25, 0.3) is 0 Å². The zero-order valence-corrected chi connectivity index (χ0v) is 6.96. The molecule has 1 aliphatic rings. The Morgan fingerprint density at radius 3 is 3.00 bits per heavy atom. The van der Waals surface area contributed by atoms with E-state index in [1.165, 1.54) is 5.57 Å². The molecule has 0 bridgehead atoms. The molecule has 0 aliphatic heterocycles. The molecule has 1 aliphatic carbocycles. The van der Waals surface area contributed by atoms with E-state index in [0.717, 1.165) is 12.8 Å². The van der Waals surface area contributed by atoms with Gasteiger partial charge in [-0.05, 0) is 18.4 Å². The average molecular weight is 146 g/mol. The molecule has 0 aromatic carbocycles. The highest BCUT2D eigenvalue weighted by atomic mass is 13.9. The molecule has 0 N–H and O–H groups in total. The van der Waals surface area contributed by atoms with Crippen LogP contribution in [0.2, 0.25) is 0 Å². The maximum atomic E-state index is 2.17. The SMILES string of the molecule is CC/C=C\C=C1\C=CC=CC1. The molecule has 0 aromatic heterocycles. The molecule has 0 saturated carbocycles. The lowest BCUT2D eigenvalue weighted by molar-refractivity contribution is 1.22. The molecule has 1 rings (SSSR count). The second-order valence-corrected chi connectivity index (χ2v) is 2.57. The van der Waals surface area contributed by atoms with Crippen molar-refractivity contribution in [3.8, 4) is 0 Å². The molecular formula is C11H14. The van der Waals surface area contributed by atoms with E-state index in [0.29, 0.717) is 0 Å². The average Bonchev–Trinajstić information content (AvgIpc) is 2.07. The van der Waals surface area contributed by atoms with Gasteiger partial charge in [-0.3, -0.25) is 0 Å². The first-order valence-corrected chi connectivity index (χ1v) is 4.12. The first kappa shape index (κ1) is 8.06. The summed E-state index contributed by atoms with van der Waals surface area (Å²) in [5.41, 5.74) is 1.39. The molecule has 0 amide bonds. The predicted molar refractivity (Wildman–Crippen MR) is 50.4 cm³/mol. The summed E-state index contributed by atoms with van der Waals surface area (Å²) < 4.78 is 0. The van der Waals surface area contributed by atoms with Gasteiger partial charge in [-0.1, -0.05) is 49.5 Å². The Labute approximate surface area is 68.6 Å². The quantitative estimate of drug-likeness (QED) is 0.560. The molecule has 0 spiro atoms. The first-order valence-electron chi connectivity index (χ1n) is 4.12. The molecule has 11 heavy (non-hydrogen) atoms. The lowest BCUT2D eigenvalue weighted by Crippen LogP contribution is -1.78. The Morgan fingerprint density at radius 2 is 2.36 bits per heavy atom. The molecule has 0 nitrogen and oxygen atoms in total. The molecule has 0 aromatic rings. The maximum Gasteiger partial charge on any atom is -0.00943 e. The number of allylic oxidation sites excluding steroid dienone is 8. The van der Waals surface area contributed by atoms with Gasteiger partial charge in [0.05, 0.1) is 0 Å². The Kier molecular flexibility index (Phi) is 3.46. The molecule has 0 atom stereocenters. The second kappa shape index (κ2) is 4.73. The Bertz CT molecular complexity index is 214. The molecule has 0 heterocycles. The van der Waals surface area contributed by atoms with Crippen molar-refractivity contribution in [1.29, 1.82) is 0 Å². The van der Waals surface area contributed by atoms with Gasteiger partial charge >= 0.3 is 0 Å². The van der Waals surface area contributed by atoms with Crippen LogP contribution >= 0.6 is 0 Å². The van der Waals surface area contributed by atoms with Gasteiger partial charge in [0, 0.05) is 0 Å². The maximum absolute atomic E-state index is 2.17. The van der Waals surface area contributed by atoms with Crippen LogP contribution in [0.1, 0.15) is 19.8 Å². The Hall–Kier alpha value is -1.04. The van der Waals surface area contributed by atoms with Crippen molar-refractivity contribution in [1.82, 2.24) is 0 Å². The van der Waals surface area contributed by atoms with Gasteiger partial charge < -0.3 is 0 Å². The van der Waals surface area contributed by atoms with E-state index in [-0.39, 0.29) is 0 Å². The predicted octanol–water partition coefficient (Wildman–Crippen LogP) is 3.40. The van der Waals surface area contributed by atoms with Gasteiger partial charge in [0.25, 0.3) is 0 Å². The van der Waals surface area contributed by atoms with Crippen molar-refractivity contribution in [3.05, 3.63) is 48.1 Å². The smallest absolute Gasteiger partial charge is 0.00943 e. The summed E-state index contributed by atoms with van der Waals surface area (Å²) in [6, 6.07) is 0. The third-order valence-corrected chi connectivity index (χ3v) is 1.59. The first-order chi connectivity index (χ1) is 5.43. The zero-order chi connectivity index (χ0) is 7.94. The topological polar surface area (TPSA) is 0 Å². The van der Waals surface area contributed by atoms with Crippen LogP contribution in [0, 0.1) is 0 Å². The molecule has 0 saturated heterocycles. The monoisotopic (exact) mass is 146 g/mol. The van der Waals surface area contributed by atoms with E-state index < -0.39 is 0 Å². The fourth-order valence-corrected chi connectivity index (χ4v) is 0.981. The van der Waals surface area contributed by atoms with Crippen LogP contribution < -0.4 is 0 Å². The lowest BCUT2D eigenvalue weighted by atomic mass is 10.1. The number of rotatable bonds is 2. The van der Waals surface area contributed by atoms with Crippen molar-refractivity contribution in [2.24, 2.45) is 0 Å². The van der Waals surface area contributed by atoms with Gasteiger partial charge in [-0.25, -0.2) is 0 Å². The van der Waals surface area contributed by atoms with E-state index in [1.54, 1.807) is 0 Å². The minimum absolute atomic E-state index is 1.07. The summed E-state index contributed by atoms with van der Waals surface area (Å²) in [6.07, 6.45) is 17.1. The Morgan fingerprint density at radius 1 is 1.45 bits per heavy atom. The lowest BCUT2D eigenvalue weighted by Gasteiger charge is -1.98. The van der Waals surface area contributed by atoms with Gasteiger partial charge in [-0.15, -0.1) is 0 Å². The summed E-state index contributed by atoms with van der Waals surface area (Å²) in [6.45, 7) is 2.14. The van der Waals surface area contributed by atoms with Crippen LogP contribution in [0.3, 0.4) is 0 Å². The van der Waals surface area contributed by atoms with Crippen LogP contribution in [0.15, 0.2) is 48.1 Å². The van der Waals surface area contributed by atoms with Crippen LogP contribution in [-0.2, 0) is 0 Å². The van der Waals surface area contributed by atoms with E-state index in [4.69, 9.17) is 0 Å². The fourth-order valence-electron chi connectivity index (χ4n) is 0.981. The highest BCUT2D eigenvalue weighted by Crippen LogP contribution is 2.09. The minimum atomic E-state index is 1.07. The third kappa shape index (κ3) is 3.03. The summed E-state index contributed by atoms with van der Waals surface area (Å²) in [7, 11) is 0. The van der Waals surface area contributed by atoms with E-state index in [1.807, 2.05) is 0 Å². The van der Waals surface area contributed by atoms with Gasteiger partial charge in [-0.2, -0.15) is 0 Å². The summed E-state index contributed by atoms with van der Waals surface area (Å²) in [5.74, 6) is 0. The van der Waals surface area contributed by atoms with E-state index in [2.05, 4.69) is 49.5 Å². The summed E-state index contributed by atoms with van der Waals surface area (Å²) in [4.78, 5) is 0. The molecule has 58 valence electrons. The number of hydrogen-bond acceptors (Lipinski definition) is 0. The molecule has 0 radical (unpaired) electrons. The summed E-state index contributed by atoms with van der Waals surface area (Å²) >= 11 is 0. The standard InChI is InChI=1S/C11H14/c1-2-3-5-8-11-9-6-4-7-10-11/h3-9H,2,10H2,1H3/b5-3-,11-8-. The number of hydrogen-bond donors (Lipinski definition) is 0. The molecule has 0 heteroatoms. The van der Waals surface area contributed by atoms with Crippen LogP contribution in [-0.4, -0.2) is 0 Å². The fraction of sp³-hybridized carbons (Fsp3) is 0.273. The van der Waals surface area contributed by atoms with Gasteiger partial charge in [0.2, 0.25) is 0 Å². The van der Waals surface area contributed by atoms with Crippen molar-refractivity contribution in [3.63, 3.8) is 0 Å². The minimum Gasteiger partial charge on any atom is -0.0848 e. The second-order valence-electron chi connectivity index (χ2n) is 2.57. The van der Waals surface area contributed by atoms with Crippen LogP contribution in [0.4, 0.5) is 0 Å². The molecule has 0 unspecified atom stereocenters. The van der Waals surface area contributed by atoms with Crippen LogP contribution in [0.5, 0.6) is 0 Å². The highest BCUT2D eigenvalue weighted by Gasteiger charge is 1.89. The van der Waals surface area contributed by atoms with Gasteiger partial charge in [0.15, 0.2) is 0 Å². The van der Waals surface area contributed by atoms with Crippen molar-refractivity contribution in [2.45, 2.75) is 19.8 Å². The van der Waals surface area contributed by atoms with E-state index in [9.17, 15) is 0 Å².